The number of imidazole rings is 1. The van der Waals surface area contributed by atoms with Crippen molar-refractivity contribution in [2.45, 2.75) is 13.5 Å². The Balaban J connectivity index is 1.56. The molecule has 0 aliphatic carbocycles. The molecule has 0 atom stereocenters. The van der Waals surface area contributed by atoms with Crippen molar-refractivity contribution >= 4 is 16.9 Å². The van der Waals surface area contributed by atoms with Crippen molar-refractivity contribution in [2.24, 2.45) is 7.05 Å². The fourth-order valence-electron chi connectivity index (χ4n) is 2.71. The zero-order valence-corrected chi connectivity index (χ0v) is 14.4. The highest BCUT2D eigenvalue weighted by molar-refractivity contribution is 5.80. The molecule has 1 aromatic heterocycles. The van der Waals surface area contributed by atoms with Gasteiger partial charge in [-0.05, 0) is 31.2 Å². The highest BCUT2D eigenvalue weighted by Crippen LogP contribution is 2.12. The SMILES string of the molecule is Cc1ccc(OCCNC(=O)Cn2c(=O)n(C)c3ccccc32)cc1. The van der Waals surface area contributed by atoms with Crippen molar-refractivity contribution in [3.05, 3.63) is 64.6 Å². The first-order valence-electron chi connectivity index (χ1n) is 8.16. The number of hydrogen-bond acceptors (Lipinski definition) is 3. The van der Waals surface area contributed by atoms with Crippen LogP contribution in [0.4, 0.5) is 0 Å². The minimum atomic E-state index is -0.217. The molecule has 0 bridgehead atoms. The van der Waals surface area contributed by atoms with Crippen LogP contribution in [0.1, 0.15) is 5.56 Å². The number of hydrogen-bond donors (Lipinski definition) is 1. The normalized spacial score (nSPS) is 10.8. The molecule has 0 saturated carbocycles. The molecular formula is C19H21N3O3. The third-order valence-corrected chi connectivity index (χ3v) is 4.07. The molecule has 2 aromatic carbocycles. The van der Waals surface area contributed by atoms with Crippen molar-refractivity contribution in [3.8, 4) is 5.75 Å². The van der Waals surface area contributed by atoms with Crippen LogP contribution in [0.15, 0.2) is 53.3 Å². The van der Waals surface area contributed by atoms with Crippen molar-refractivity contribution in [2.75, 3.05) is 13.2 Å². The van der Waals surface area contributed by atoms with Crippen LogP contribution in [0.3, 0.4) is 0 Å². The number of benzene rings is 2. The number of carbonyl (C=O) groups excluding carboxylic acids is 1. The lowest BCUT2D eigenvalue weighted by atomic mass is 10.2. The van der Waals surface area contributed by atoms with E-state index in [9.17, 15) is 9.59 Å². The molecule has 0 aliphatic heterocycles. The van der Waals surface area contributed by atoms with E-state index < -0.39 is 0 Å². The van der Waals surface area contributed by atoms with Crippen LogP contribution in [0, 0.1) is 6.92 Å². The number of rotatable bonds is 6. The summed E-state index contributed by atoms with van der Waals surface area (Å²) >= 11 is 0. The Morgan fingerprint density at radius 1 is 1.08 bits per heavy atom. The molecule has 0 radical (unpaired) electrons. The lowest BCUT2D eigenvalue weighted by Crippen LogP contribution is -2.34. The maximum Gasteiger partial charge on any atom is 0.329 e. The predicted octanol–water partition coefficient (Wildman–Crippen LogP) is 1.84. The lowest BCUT2D eigenvalue weighted by Gasteiger charge is -2.08. The van der Waals surface area contributed by atoms with Crippen molar-refractivity contribution in [1.29, 1.82) is 0 Å². The summed E-state index contributed by atoms with van der Waals surface area (Å²) in [6, 6.07) is 15.2. The monoisotopic (exact) mass is 339 g/mol. The quantitative estimate of drug-likeness (QED) is 0.697. The van der Waals surface area contributed by atoms with E-state index in [0.29, 0.717) is 13.2 Å². The number of carbonyl (C=O) groups is 1. The number of para-hydroxylation sites is 2. The van der Waals surface area contributed by atoms with Gasteiger partial charge < -0.3 is 10.1 Å². The fourth-order valence-corrected chi connectivity index (χ4v) is 2.71. The number of ether oxygens (including phenoxy) is 1. The van der Waals surface area contributed by atoms with E-state index in [1.807, 2.05) is 55.5 Å². The molecule has 1 N–H and O–H groups in total. The van der Waals surface area contributed by atoms with Crippen LogP contribution >= 0.6 is 0 Å². The fraction of sp³-hybridized carbons (Fsp3) is 0.263. The maximum absolute atomic E-state index is 12.3. The van der Waals surface area contributed by atoms with E-state index in [0.717, 1.165) is 16.8 Å². The molecule has 0 saturated heterocycles. The molecule has 3 aromatic rings. The number of fused-ring (bicyclic) bond motifs is 1. The summed E-state index contributed by atoms with van der Waals surface area (Å²) in [5, 5.41) is 2.78. The average Bonchev–Trinajstić information content (AvgIpc) is 2.86. The molecule has 25 heavy (non-hydrogen) atoms. The van der Waals surface area contributed by atoms with E-state index in [1.165, 1.54) is 10.1 Å². The van der Waals surface area contributed by atoms with Gasteiger partial charge in [0.1, 0.15) is 18.9 Å². The molecule has 0 spiro atoms. The third-order valence-electron chi connectivity index (χ3n) is 4.07. The van der Waals surface area contributed by atoms with Gasteiger partial charge in [0.05, 0.1) is 17.6 Å². The number of aryl methyl sites for hydroxylation is 2. The van der Waals surface area contributed by atoms with Crippen LogP contribution in [-0.2, 0) is 18.4 Å². The molecular weight excluding hydrogens is 318 g/mol. The van der Waals surface area contributed by atoms with Crippen LogP contribution in [0.5, 0.6) is 5.75 Å². The lowest BCUT2D eigenvalue weighted by molar-refractivity contribution is -0.121. The summed E-state index contributed by atoms with van der Waals surface area (Å²) in [4.78, 5) is 24.4. The Kier molecular flexibility index (Phi) is 4.88. The van der Waals surface area contributed by atoms with Crippen LogP contribution in [0.25, 0.3) is 11.0 Å². The Labute approximate surface area is 145 Å². The molecule has 1 amide bonds. The molecule has 130 valence electrons. The molecule has 6 heteroatoms. The summed E-state index contributed by atoms with van der Waals surface area (Å²) in [7, 11) is 1.70. The molecule has 1 heterocycles. The van der Waals surface area contributed by atoms with Crippen molar-refractivity contribution in [1.82, 2.24) is 14.5 Å². The molecule has 3 rings (SSSR count). The van der Waals surface area contributed by atoms with E-state index >= 15 is 0 Å². The first kappa shape index (κ1) is 16.8. The van der Waals surface area contributed by atoms with Gasteiger partial charge in [-0.1, -0.05) is 29.8 Å². The maximum atomic E-state index is 12.3. The summed E-state index contributed by atoms with van der Waals surface area (Å²) in [6.07, 6.45) is 0. The van der Waals surface area contributed by atoms with Crippen molar-refractivity contribution in [3.63, 3.8) is 0 Å². The molecule has 0 fully saturated rings. The largest absolute Gasteiger partial charge is 0.492 e. The van der Waals surface area contributed by atoms with E-state index in [1.54, 1.807) is 11.6 Å². The minimum absolute atomic E-state index is 0.00921. The second-order valence-corrected chi connectivity index (χ2v) is 5.93. The number of nitrogens with one attached hydrogen (secondary N) is 1. The highest BCUT2D eigenvalue weighted by atomic mass is 16.5. The van der Waals surface area contributed by atoms with Gasteiger partial charge in [-0.2, -0.15) is 0 Å². The van der Waals surface area contributed by atoms with Gasteiger partial charge >= 0.3 is 5.69 Å². The number of aromatic nitrogens is 2. The summed E-state index contributed by atoms with van der Waals surface area (Å²) in [6.45, 7) is 2.76. The second-order valence-electron chi connectivity index (χ2n) is 5.93. The Hall–Kier alpha value is -3.02. The van der Waals surface area contributed by atoms with E-state index in [4.69, 9.17) is 4.74 Å². The van der Waals surface area contributed by atoms with Gasteiger partial charge in [-0.15, -0.1) is 0 Å². The highest BCUT2D eigenvalue weighted by Gasteiger charge is 2.12. The summed E-state index contributed by atoms with van der Waals surface area (Å²) < 4.78 is 8.59. The topological polar surface area (TPSA) is 65.3 Å². The molecule has 6 nitrogen and oxygen atoms in total. The molecule has 0 unspecified atom stereocenters. The van der Waals surface area contributed by atoms with Crippen LogP contribution in [-0.4, -0.2) is 28.2 Å². The predicted molar refractivity (Wildman–Crippen MR) is 96.9 cm³/mol. The molecule has 0 aliphatic rings. The Morgan fingerprint density at radius 3 is 2.48 bits per heavy atom. The van der Waals surface area contributed by atoms with E-state index in [-0.39, 0.29) is 18.1 Å². The van der Waals surface area contributed by atoms with Gasteiger partial charge in [0.25, 0.3) is 0 Å². The van der Waals surface area contributed by atoms with Gasteiger partial charge in [0, 0.05) is 7.05 Å². The number of nitrogens with zero attached hydrogens (tertiary/aromatic N) is 2. The first-order chi connectivity index (χ1) is 12.1. The van der Waals surface area contributed by atoms with Crippen LogP contribution in [0.2, 0.25) is 0 Å². The summed E-state index contributed by atoms with van der Waals surface area (Å²) in [5.74, 6) is 0.552. The zero-order valence-electron chi connectivity index (χ0n) is 14.4. The standard InChI is InChI=1S/C19H21N3O3/c1-14-7-9-15(10-8-14)25-12-11-20-18(23)13-22-17-6-4-3-5-16(17)21(2)19(22)24/h3-10H,11-13H2,1-2H3,(H,20,23). The summed E-state index contributed by atoms with van der Waals surface area (Å²) in [5.41, 5.74) is 2.53. The zero-order chi connectivity index (χ0) is 17.8. The Bertz CT molecular complexity index is 939. The second kappa shape index (κ2) is 7.25. The minimum Gasteiger partial charge on any atom is -0.492 e. The average molecular weight is 339 g/mol. The number of amides is 1. The first-order valence-corrected chi connectivity index (χ1v) is 8.16. The van der Waals surface area contributed by atoms with Gasteiger partial charge in [0.2, 0.25) is 5.91 Å². The van der Waals surface area contributed by atoms with Gasteiger partial charge in [-0.25, -0.2) is 4.79 Å². The Morgan fingerprint density at radius 2 is 1.76 bits per heavy atom. The van der Waals surface area contributed by atoms with Crippen LogP contribution < -0.4 is 15.7 Å². The third kappa shape index (κ3) is 3.74. The van der Waals surface area contributed by atoms with Crippen molar-refractivity contribution < 1.29 is 9.53 Å². The van der Waals surface area contributed by atoms with Gasteiger partial charge in [0.15, 0.2) is 0 Å². The smallest absolute Gasteiger partial charge is 0.329 e. The van der Waals surface area contributed by atoms with Gasteiger partial charge in [-0.3, -0.25) is 13.9 Å². The van der Waals surface area contributed by atoms with E-state index in [2.05, 4.69) is 5.32 Å².